The van der Waals surface area contributed by atoms with Gasteiger partial charge >= 0.3 is 0 Å². The molecular formula is C16H14ClNO3. The average molecular weight is 304 g/mol. The summed E-state index contributed by atoms with van der Waals surface area (Å²) in [5, 5.41) is 3.48. The summed E-state index contributed by atoms with van der Waals surface area (Å²) < 4.78 is 10.7. The minimum atomic E-state index is -0.128. The summed E-state index contributed by atoms with van der Waals surface area (Å²) in [6, 6.07) is 12.7. The molecule has 0 atom stereocenters. The highest BCUT2D eigenvalue weighted by molar-refractivity contribution is 6.30. The van der Waals surface area contributed by atoms with Crippen molar-refractivity contribution in [3.63, 3.8) is 0 Å². The molecule has 3 rings (SSSR count). The third-order valence-corrected chi connectivity index (χ3v) is 3.45. The maximum atomic E-state index is 12.1. The Morgan fingerprint density at radius 2 is 2.05 bits per heavy atom. The molecule has 1 aliphatic heterocycles. The van der Waals surface area contributed by atoms with Gasteiger partial charge in [0.1, 0.15) is 5.75 Å². The van der Waals surface area contributed by atoms with Gasteiger partial charge in [-0.05, 0) is 24.3 Å². The summed E-state index contributed by atoms with van der Waals surface area (Å²) in [6.07, 6.45) is 0. The molecule has 4 nitrogen and oxygen atoms in total. The molecule has 5 heteroatoms. The second-order valence-electron chi connectivity index (χ2n) is 4.71. The van der Waals surface area contributed by atoms with Crippen molar-refractivity contribution < 1.29 is 14.3 Å². The minimum absolute atomic E-state index is 0.128. The third kappa shape index (κ3) is 3.17. The fraction of sp³-hybridized carbons (Fsp3) is 0.188. The lowest BCUT2D eigenvalue weighted by Crippen LogP contribution is -2.24. The number of hydrogen-bond donors (Lipinski definition) is 1. The molecule has 1 amide bonds. The lowest BCUT2D eigenvalue weighted by atomic mass is 10.1. The van der Waals surface area contributed by atoms with Gasteiger partial charge < -0.3 is 14.8 Å². The summed E-state index contributed by atoms with van der Waals surface area (Å²) in [4.78, 5) is 12.1. The molecule has 2 aromatic carbocycles. The normalized spacial score (nSPS) is 13.2. The van der Waals surface area contributed by atoms with Crippen LogP contribution in [0.4, 0.5) is 0 Å². The first-order valence-corrected chi connectivity index (χ1v) is 6.97. The van der Waals surface area contributed by atoms with Crippen molar-refractivity contribution in [2.24, 2.45) is 0 Å². The molecule has 0 aliphatic carbocycles. The number of nitrogens with one attached hydrogen (secondary N) is 1. The van der Waals surface area contributed by atoms with E-state index in [1.54, 1.807) is 18.2 Å². The number of hydrogen-bond acceptors (Lipinski definition) is 3. The van der Waals surface area contributed by atoms with E-state index in [0.29, 0.717) is 23.7 Å². The Morgan fingerprint density at radius 1 is 1.24 bits per heavy atom. The van der Waals surface area contributed by atoms with Crippen LogP contribution in [0.2, 0.25) is 5.02 Å². The zero-order valence-corrected chi connectivity index (χ0v) is 12.0. The minimum Gasteiger partial charge on any atom is -0.467 e. The molecule has 0 unspecified atom stereocenters. The summed E-state index contributed by atoms with van der Waals surface area (Å²) in [5.41, 5.74) is 2.38. The lowest BCUT2D eigenvalue weighted by Gasteiger charge is -2.21. The van der Waals surface area contributed by atoms with E-state index in [9.17, 15) is 4.79 Å². The van der Waals surface area contributed by atoms with Crippen LogP contribution in [0, 0.1) is 0 Å². The van der Waals surface area contributed by atoms with E-state index in [4.69, 9.17) is 21.1 Å². The summed E-state index contributed by atoms with van der Waals surface area (Å²) >= 11 is 6.09. The van der Waals surface area contributed by atoms with Gasteiger partial charge in [-0.3, -0.25) is 4.79 Å². The quantitative estimate of drug-likeness (QED) is 0.947. The molecule has 1 aliphatic rings. The Kier molecular flexibility index (Phi) is 4.08. The molecule has 0 aromatic heterocycles. The molecule has 0 spiro atoms. The Bertz CT molecular complexity index is 658. The van der Waals surface area contributed by atoms with Crippen LogP contribution >= 0.6 is 11.6 Å². The summed E-state index contributed by atoms with van der Waals surface area (Å²) in [6.45, 7) is 1.04. The number of carbonyl (C=O) groups is 1. The zero-order valence-electron chi connectivity index (χ0n) is 11.3. The zero-order chi connectivity index (χ0) is 14.7. The highest BCUT2D eigenvalue weighted by Crippen LogP contribution is 2.31. The van der Waals surface area contributed by atoms with E-state index in [1.165, 1.54) is 0 Å². The fourth-order valence-corrected chi connectivity index (χ4v) is 2.52. The highest BCUT2D eigenvalue weighted by atomic mass is 35.5. The smallest absolute Gasteiger partial charge is 0.251 e. The van der Waals surface area contributed by atoms with Gasteiger partial charge in [0.05, 0.1) is 6.61 Å². The van der Waals surface area contributed by atoms with Crippen LogP contribution in [0.15, 0.2) is 42.5 Å². The molecule has 1 N–H and O–H groups in total. The van der Waals surface area contributed by atoms with Gasteiger partial charge in [-0.1, -0.05) is 29.8 Å². The van der Waals surface area contributed by atoms with Crippen LogP contribution in [0.1, 0.15) is 21.5 Å². The second-order valence-corrected chi connectivity index (χ2v) is 5.15. The summed E-state index contributed by atoms with van der Waals surface area (Å²) in [7, 11) is 0. The van der Waals surface area contributed by atoms with Crippen molar-refractivity contribution in [1.29, 1.82) is 0 Å². The van der Waals surface area contributed by atoms with Crippen LogP contribution in [0.25, 0.3) is 0 Å². The van der Waals surface area contributed by atoms with E-state index in [1.807, 2.05) is 24.3 Å². The van der Waals surface area contributed by atoms with Gasteiger partial charge in [-0.2, -0.15) is 0 Å². The lowest BCUT2D eigenvalue weighted by molar-refractivity contribution is -0.0170. The van der Waals surface area contributed by atoms with Crippen LogP contribution in [-0.4, -0.2) is 12.7 Å². The molecule has 2 aromatic rings. The highest BCUT2D eigenvalue weighted by Gasteiger charge is 2.17. The second kappa shape index (κ2) is 6.16. The SMILES string of the molecule is O=C(NCc1cc(Cl)cc2c1OCOC2)c1ccccc1. The van der Waals surface area contributed by atoms with Gasteiger partial charge in [0.2, 0.25) is 0 Å². The maximum absolute atomic E-state index is 12.1. The molecule has 0 fully saturated rings. The van der Waals surface area contributed by atoms with Gasteiger partial charge in [0.25, 0.3) is 5.91 Å². The van der Waals surface area contributed by atoms with E-state index < -0.39 is 0 Å². The average Bonchev–Trinajstić information content (AvgIpc) is 2.53. The van der Waals surface area contributed by atoms with Crippen molar-refractivity contribution in [2.45, 2.75) is 13.2 Å². The molecule has 0 radical (unpaired) electrons. The Labute approximate surface area is 127 Å². The first kappa shape index (κ1) is 13.9. The van der Waals surface area contributed by atoms with Gasteiger partial charge in [-0.15, -0.1) is 0 Å². The number of rotatable bonds is 3. The third-order valence-electron chi connectivity index (χ3n) is 3.23. The Hall–Kier alpha value is -2.04. The van der Waals surface area contributed by atoms with Crippen molar-refractivity contribution >= 4 is 17.5 Å². The Morgan fingerprint density at radius 3 is 2.86 bits per heavy atom. The van der Waals surface area contributed by atoms with Crippen molar-refractivity contribution in [3.8, 4) is 5.75 Å². The van der Waals surface area contributed by atoms with Crippen LogP contribution in [0.3, 0.4) is 0 Å². The molecule has 108 valence electrons. The van der Waals surface area contributed by atoms with Crippen molar-refractivity contribution in [3.05, 3.63) is 64.2 Å². The molecular weight excluding hydrogens is 290 g/mol. The molecule has 0 saturated heterocycles. The standard InChI is InChI=1S/C16H14ClNO3/c17-14-6-12(15-13(7-14)9-20-10-21-15)8-18-16(19)11-4-2-1-3-5-11/h1-7H,8-10H2,(H,18,19). The maximum Gasteiger partial charge on any atom is 0.251 e. The van der Waals surface area contributed by atoms with Crippen molar-refractivity contribution in [1.82, 2.24) is 5.32 Å². The number of benzene rings is 2. The molecule has 0 bridgehead atoms. The first-order valence-electron chi connectivity index (χ1n) is 6.59. The Balaban J connectivity index is 1.76. The van der Waals surface area contributed by atoms with Gasteiger partial charge in [-0.25, -0.2) is 0 Å². The fourth-order valence-electron chi connectivity index (χ4n) is 2.26. The molecule has 1 heterocycles. The van der Waals surface area contributed by atoms with Crippen molar-refractivity contribution in [2.75, 3.05) is 6.79 Å². The van der Waals surface area contributed by atoms with E-state index in [0.717, 1.165) is 16.9 Å². The van der Waals surface area contributed by atoms with E-state index in [2.05, 4.69) is 5.32 Å². The largest absolute Gasteiger partial charge is 0.467 e. The van der Waals surface area contributed by atoms with Crippen LogP contribution in [0.5, 0.6) is 5.75 Å². The van der Waals surface area contributed by atoms with E-state index >= 15 is 0 Å². The number of halogens is 1. The van der Waals surface area contributed by atoms with Crippen LogP contribution in [-0.2, 0) is 17.9 Å². The first-order chi connectivity index (χ1) is 10.2. The monoisotopic (exact) mass is 303 g/mol. The topological polar surface area (TPSA) is 47.6 Å². The molecule has 0 saturated carbocycles. The summed E-state index contributed by atoms with van der Waals surface area (Å²) in [5.74, 6) is 0.621. The number of fused-ring (bicyclic) bond motifs is 1. The van der Waals surface area contributed by atoms with Gasteiger partial charge in [0, 0.05) is 28.3 Å². The molecule has 21 heavy (non-hydrogen) atoms. The number of amides is 1. The predicted molar refractivity (Wildman–Crippen MR) is 79.3 cm³/mol. The van der Waals surface area contributed by atoms with E-state index in [-0.39, 0.29) is 12.7 Å². The van der Waals surface area contributed by atoms with Gasteiger partial charge in [0.15, 0.2) is 6.79 Å². The number of ether oxygens (including phenoxy) is 2. The van der Waals surface area contributed by atoms with Crippen LogP contribution < -0.4 is 10.1 Å². The predicted octanol–water partition coefficient (Wildman–Crippen LogP) is 3.14. The number of carbonyl (C=O) groups excluding carboxylic acids is 1.